The van der Waals surface area contributed by atoms with Crippen molar-refractivity contribution in [2.45, 2.75) is 13.5 Å². The highest BCUT2D eigenvalue weighted by molar-refractivity contribution is 9.10. The Balaban J connectivity index is 2.26. The number of benzene rings is 1. The van der Waals surface area contributed by atoms with E-state index in [2.05, 4.69) is 15.9 Å². The van der Waals surface area contributed by atoms with Crippen LogP contribution >= 0.6 is 38.9 Å². The van der Waals surface area contributed by atoms with Crippen LogP contribution in [0.4, 0.5) is 5.69 Å². The quantitative estimate of drug-likeness (QED) is 0.644. The molecule has 0 aliphatic rings. The van der Waals surface area contributed by atoms with Gasteiger partial charge in [-0.05, 0) is 31.2 Å². The second-order valence-corrected chi connectivity index (χ2v) is 6.64. The molecule has 3 nitrogen and oxygen atoms in total. The van der Waals surface area contributed by atoms with Gasteiger partial charge in [-0.25, -0.2) is 0 Å². The van der Waals surface area contributed by atoms with Crippen LogP contribution in [0.15, 0.2) is 28.7 Å². The Morgan fingerprint density at radius 2 is 2.21 bits per heavy atom. The minimum Gasteiger partial charge on any atom is -0.485 e. The molecule has 2 N–H and O–H groups in total. The zero-order valence-corrected chi connectivity index (χ0v) is 13.2. The predicted molar refractivity (Wildman–Crippen MR) is 82.2 cm³/mol. The number of nitrogens with two attached hydrogens (primary N) is 1. The average Bonchev–Trinajstić information content (AvgIpc) is 2.73. The van der Waals surface area contributed by atoms with Crippen LogP contribution in [0.2, 0.25) is 4.34 Å². The third kappa shape index (κ3) is 3.49. The van der Waals surface area contributed by atoms with Gasteiger partial charge >= 0.3 is 0 Å². The number of anilines is 1. The number of thiophene rings is 1. The predicted octanol–water partition coefficient (Wildman–Crippen LogP) is 4.53. The van der Waals surface area contributed by atoms with E-state index in [9.17, 15) is 4.79 Å². The largest absolute Gasteiger partial charge is 0.485 e. The molecule has 1 aromatic heterocycles. The summed E-state index contributed by atoms with van der Waals surface area (Å²) in [6.07, 6.45) is 0. The molecule has 0 radical (unpaired) electrons. The molecule has 2 rings (SSSR count). The summed E-state index contributed by atoms with van der Waals surface area (Å²) in [6, 6.07) is 7.11. The lowest BCUT2D eigenvalue weighted by Crippen LogP contribution is -2.04. The van der Waals surface area contributed by atoms with E-state index in [4.69, 9.17) is 22.1 Å². The van der Waals surface area contributed by atoms with Crippen molar-refractivity contribution in [3.8, 4) is 5.75 Å². The fourth-order valence-corrected chi connectivity index (χ4v) is 3.09. The zero-order valence-electron chi connectivity index (χ0n) is 10.1. The van der Waals surface area contributed by atoms with E-state index in [-0.39, 0.29) is 5.78 Å². The number of halogens is 2. The van der Waals surface area contributed by atoms with Crippen LogP contribution in [-0.2, 0) is 6.61 Å². The van der Waals surface area contributed by atoms with Crippen molar-refractivity contribution in [3.63, 3.8) is 0 Å². The van der Waals surface area contributed by atoms with Gasteiger partial charge in [0.1, 0.15) is 6.61 Å². The highest BCUT2D eigenvalue weighted by Gasteiger charge is 2.14. The standard InChI is InChI=1S/C13H11BrClNO2S/c1-7(17)10-4-8(14)5-11(16)13(10)18-6-9-2-3-12(15)19-9/h2-5H,6,16H2,1H3. The van der Waals surface area contributed by atoms with E-state index < -0.39 is 0 Å². The van der Waals surface area contributed by atoms with Gasteiger partial charge in [0, 0.05) is 9.35 Å². The van der Waals surface area contributed by atoms with Crippen LogP contribution < -0.4 is 10.5 Å². The average molecular weight is 361 g/mol. The van der Waals surface area contributed by atoms with Crippen molar-refractivity contribution in [3.05, 3.63) is 43.5 Å². The normalized spacial score (nSPS) is 10.5. The first kappa shape index (κ1) is 14.4. The maximum Gasteiger partial charge on any atom is 0.163 e. The lowest BCUT2D eigenvalue weighted by Gasteiger charge is -2.12. The van der Waals surface area contributed by atoms with Gasteiger partial charge in [0.25, 0.3) is 0 Å². The molecule has 0 fully saturated rings. The Morgan fingerprint density at radius 1 is 1.47 bits per heavy atom. The number of carbonyl (C=O) groups excluding carboxylic acids is 1. The lowest BCUT2D eigenvalue weighted by molar-refractivity contribution is 0.101. The Kier molecular flexibility index (Phi) is 4.50. The van der Waals surface area contributed by atoms with Crippen LogP contribution in [-0.4, -0.2) is 5.78 Å². The number of ketones is 1. The third-order valence-corrected chi connectivity index (χ3v) is 4.11. The van der Waals surface area contributed by atoms with Crippen molar-refractivity contribution in [2.75, 3.05) is 5.73 Å². The topological polar surface area (TPSA) is 52.3 Å². The molecule has 2 aromatic rings. The third-order valence-electron chi connectivity index (χ3n) is 2.45. The molecule has 0 saturated carbocycles. The van der Waals surface area contributed by atoms with E-state index in [1.54, 1.807) is 12.1 Å². The first-order valence-corrected chi connectivity index (χ1v) is 7.43. The van der Waals surface area contributed by atoms with Crippen molar-refractivity contribution >= 4 is 50.3 Å². The fourth-order valence-electron chi connectivity index (χ4n) is 1.61. The molecule has 0 aliphatic carbocycles. The summed E-state index contributed by atoms with van der Waals surface area (Å²) in [5.41, 5.74) is 6.80. The molecule has 0 atom stereocenters. The fraction of sp³-hybridized carbons (Fsp3) is 0.154. The Morgan fingerprint density at radius 3 is 2.79 bits per heavy atom. The van der Waals surface area contributed by atoms with Crippen LogP contribution in [0.3, 0.4) is 0 Å². The zero-order chi connectivity index (χ0) is 14.0. The van der Waals surface area contributed by atoms with Gasteiger partial charge in [-0.2, -0.15) is 0 Å². The van der Waals surface area contributed by atoms with Crippen LogP contribution in [0.25, 0.3) is 0 Å². The van der Waals surface area contributed by atoms with E-state index in [1.165, 1.54) is 18.3 Å². The van der Waals surface area contributed by atoms with Crippen LogP contribution in [0, 0.1) is 0 Å². The Hall–Kier alpha value is -1.04. The lowest BCUT2D eigenvalue weighted by atomic mass is 10.1. The van der Waals surface area contributed by atoms with E-state index >= 15 is 0 Å². The molecule has 100 valence electrons. The van der Waals surface area contributed by atoms with Gasteiger partial charge in [-0.1, -0.05) is 27.5 Å². The number of hydrogen-bond acceptors (Lipinski definition) is 4. The molecular formula is C13H11BrClNO2S. The molecule has 0 amide bonds. The van der Waals surface area contributed by atoms with Gasteiger partial charge in [0.2, 0.25) is 0 Å². The van der Waals surface area contributed by atoms with Gasteiger partial charge < -0.3 is 10.5 Å². The number of hydrogen-bond donors (Lipinski definition) is 1. The second kappa shape index (κ2) is 5.94. The summed E-state index contributed by atoms with van der Waals surface area (Å²) in [6.45, 7) is 1.82. The summed E-state index contributed by atoms with van der Waals surface area (Å²) in [7, 11) is 0. The number of ether oxygens (including phenoxy) is 1. The minimum absolute atomic E-state index is 0.0905. The second-order valence-electron chi connectivity index (χ2n) is 3.92. The Bertz CT molecular complexity index is 627. The Labute approximate surface area is 128 Å². The number of nitrogen functional groups attached to an aromatic ring is 1. The molecule has 0 bridgehead atoms. The molecule has 0 saturated heterocycles. The maximum absolute atomic E-state index is 11.6. The molecule has 19 heavy (non-hydrogen) atoms. The molecule has 6 heteroatoms. The number of carbonyl (C=O) groups is 1. The molecule has 0 spiro atoms. The monoisotopic (exact) mass is 359 g/mol. The van der Waals surface area contributed by atoms with E-state index in [0.29, 0.717) is 27.9 Å². The summed E-state index contributed by atoms with van der Waals surface area (Å²) in [4.78, 5) is 12.6. The number of rotatable bonds is 4. The first-order valence-electron chi connectivity index (χ1n) is 5.44. The highest BCUT2D eigenvalue weighted by Crippen LogP contribution is 2.32. The van der Waals surface area contributed by atoms with Crippen LogP contribution in [0.5, 0.6) is 5.75 Å². The SMILES string of the molecule is CC(=O)c1cc(Br)cc(N)c1OCc1ccc(Cl)s1. The van der Waals surface area contributed by atoms with Gasteiger partial charge in [0.05, 0.1) is 15.6 Å². The molecule has 1 aromatic carbocycles. The highest BCUT2D eigenvalue weighted by atomic mass is 79.9. The van der Waals surface area contributed by atoms with Crippen molar-refractivity contribution in [1.29, 1.82) is 0 Å². The molecular weight excluding hydrogens is 350 g/mol. The van der Waals surface area contributed by atoms with Crippen molar-refractivity contribution < 1.29 is 9.53 Å². The van der Waals surface area contributed by atoms with Crippen LogP contribution in [0.1, 0.15) is 22.2 Å². The molecule has 1 heterocycles. The van der Waals surface area contributed by atoms with E-state index in [1.807, 2.05) is 12.1 Å². The van der Waals surface area contributed by atoms with Crippen molar-refractivity contribution in [2.24, 2.45) is 0 Å². The maximum atomic E-state index is 11.6. The summed E-state index contributed by atoms with van der Waals surface area (Å²) in [5, 5.41) is 0. The van der Waals surface area contributed by atoms with Gasteiger partial charge in [0.15, 0.2) is 11.5 Å². The smallest absolute Gasteiger partial charge is 0.163 e. The summed E-state index contributed by atoms with van der Waals surface area (Å²) >= 11 is 10.6. The van der Waals surface area contributed by atoms with E-state index in [0.717, 1.165) is 9.35 Å². The van der Waals surface area contributed by atoms with Crippen molar-refractivity contribution in [1.82, 2.24) is 0 Å². The molecule has 0 unspecified atom stereocenters. The molecule has 0 aliphatic heterocycles. The number of Topliss-reactive ketones (excluding diaryl/α,β-unsaturated/α-hetero) is 1. The minimum atomic E-state index is -0.0905. The van der Waals surface area contributed by atoms with Gasteiger partial charge in [-0.3, -0.25) is 4.79 Å². The van der Waals surface area contributed by atoms with Gasteiger partial charge in [-0.15, -0.1) is 11.3 Å². The summed E-state index contributed by atoms with van der Waals surface area (Å²) in [5.74, 6) is 0.326. The summed E-state index contributed by atoms with van der Waals surface area (Å²) < 4.78 is 7.12. The first-order chi connectivity index (χ1) is 8.97.